The minimum atomic E-state index is -0.496. The average Bonchev–Trinajstić information content (AvgIpc) is 2.99. The second-order valence-corrected chi connectivity index (χ2v) is 6.37. The summed E-state index contributed by atoms with van der Waals surface area (Å²) in [4.78, 5) is 11.8. The largest absolute Gasteiger partial charge is 0.493 e. The Morgan fingerprint density at radius 2 is 2.05 bits per heavy atom. The van der Waals surface area contributed by atoms with Gasteiger partial charge in [-0.05, 0) is 26.8 Å². The van der Waals surface area contributed by atoms with E-state index >= 15 is 0 Å². The van der Waals surface area contributed by atoms with Crippen molar-refractivity contribution in [3.63, 3.8) is 0 Å². The van der Waals surface area contributed by atoms with E-state index in [2.05, 4.69) is 11.4 Å². The van der Waals surface area contributed by atoms with Gasteiger partial charge in [-0.3, -0.25) is 0 Å². The number of amides is 1. The number of benzene rings is 1. The van der Waals surface area contributed by atoms with Crippen LogP contribution < -0.4 is 14.8 Å². The fraction of sp³-hybridized carbons (Fsp3) is 0.562. The van der Waals surface area contributed by atoms with Crippen LogP contribution in [-0.4, -0.2) is 24.9 Å². The molecule has 0 bridgehead atoms. The maximum atomic E-state index is 11.8. The summed E-state index contributed by atoms with van der Waals surface area (Å²) in [7, 11) is 0. The van der Waals surface area contributed by atoms with Gasteiger partial charge in [-0.15, -0.1) is 0 Å². The molecule has 3 rings (SSSR count). The molecule has 0 aliphatic carbocycles. The maximum Gasteiger partial charge on any atom is 0.407 e. The topological polar surface area (TPSA) is 56.8 Å². The average molecular weight is 291 g/mol. The molecule has 21 heavy (non-hydrogen) atoms. The van der Waals surface area contributed by atoms with Crippen LogP contribution in [0.2, 0.25) is 0 Å². The molecule has 1 amide bonds. The number of ether oxygens (including phenoxy) is 3. The van der Waals surface area contributed by atoms with Gasteiger partial charge in [0.15, 0.2) is 0 Å². The number of carbonyl (C=O) groups is 1. The molecule has 0 spiro atoms. The van der Waals surface area contributed by atoms with Gasteiger partial charge in [0.25, 0.3) is 0 Å². The first kappa shape index (κ1) is 14.0. The first-order chi connectivity index (χ1) is 9.94. The zero-order valence-corrected chi connectivity index (χ0v) is 12.7. The lowest BCUT2D eigenvalue weighted by molar-refractivity contribution is 0.0523. The van der Waals surface area contributed by atoms with Gasteiger partial charge in [-0.1, -0.05) is 0 Å². The number of hydrogen-bond donors (Lipinski definition) is 1. The highest BCUT2D eigenvalue weighted by molar-refractivity contribution is 5.68. The summed E-state index contributed by atoms with van der Waals surface area (Å²) in [6.45, 7) is 7.34. The van der Waals surface area contributed by atoms with Crippen molar-refractivity contribution in [3.8, 4) is 11.5 Å². The normalized spacial score (nSPS) is 15.8. The van der Waals surface area contributed by atoms with Gasteiger partial charge < -0.3 is 19.5 Å². The third-order valence-electron chi connectivity index (χ3n) is 3.57. The Hall–Kier alpha value is -1.91. The van der Waals surface area contributed by atoms with Gasteiger partial charge in [0.1, 0.15) is 17.1 Å². The van der Waals surface area contributed by atoms with Crippen LogP contribution in [0.4, 0.5) is 4.79 Å². The first-order valence-corrected chi connectivity index (χ1v) is 7.34. The highest BCUT2D eigenvalue weighted by Gasteiger charge is 2.27. The van der Waals surface area contributed by atoms with Crippen molar-refractivity contribution in [1.82, 2.24) is 5.32 Å². The van der Waals surface area contributed by atoms with E-state index in [9.17, 15) is 4.79 Å². The van der Waals surface area contributed by atoms with Gasteiger partial charge >= 0.3 is 6.09 Å². The Morgan fingerprint density at radius 1 is 1.29 bits per heavy atom. The molecular weight excluding hydrogens is 270 g/mol. The summed E-state index contributed by atoms with van der Waals surface area (Å²) < 4.78 is 16.7. The van der Waals surface area contributed by atoms with Crippen molar-refractivity contribution >= 4 is 6.09 Å². The smallest absolute Gasteiger partial charge is 0.407 e. The van der Waals surface area contributed by atoms with Crippen LogP contribution in [0.1, 0.15) is 37.5 Å². The number of carbonyl (C=O) groups excluding carboxylic acids is 1. The van der Waals surface area contributed by atoms with Crippen LogP contribution in [-0.2, 0) is 24.1 Å². The molecule has 2 aliphatic heterocycles. The molecule has 1 aromatic rings. The Kier molecular flexibility index (Phi) is 3.43. The van der Waals surface area contributed by atoms with Gasteiger partial charge in [-0.2, -0.15) is 0 Å². The van der Waals surface area contributed by atoms with Gasteiger partial charge in [0.2, 0.25) is 0 Å². The minimum absolute atomic E-state index is 0.407. The molecule has 2 aliphatic rings. The molecule has 0 atom stereocenters. The molecule has 0 saturated heterocycles. The number of rotatable bonds is 2. The Labute approximate surface area is 124 Å². The monoisotopic (exact) mass is 291 g/mol. The van der Waals surface area contributed by atoms with E-state index in [0.717, 1.165) is 41.0 Å². The second-order valence-electron chi connectivity index (χ2n) is 6.37. The molecule has 5 nitrogen and oxygen atoms in total. The van der Waals surface area contributed by atoms with E-state index in [1.54, 1.807) is 0 Å². The lowest BCUT2D eigenvalue weighted by atomic mass is 9.99. The standard InChI is InChI=1S/C16H21NO4/c1-16(2,3)21-15(18)17-9-12-11-5-7-19-13(11)8-10-4-6-20-14(10)12/h8H,4-7,9H2,1-3H3,(H,17,18). The molecule has 1 aromatic carbocycles. The molecule has 5 heteroatoms. The van der Waals surface area contributed by atoms with Crippen LogP contribution >= 0.6 is 0 Å². The van der Waals surface area contributed by atoms with Crippen LogP contribution in [0, 0.1) is 0 Å². The lowest BCUT2D eigenvalue weighted by Gasteiger charge is -2.20. The molecule has 0 fully saturated rings. The van der Waals surface area contributed by atoms with E-state index < -0.39 is 11.7 Å². The highest BCUT2D eigenvalue weighted by atomic mass is 16.6. The van der Waals surface area contributed by atoms with E-state index in [0.29, 0.717) is 19.8 Å². The zero-order chi connectivity index (χ0) is 15.0. The number of nitrogens with one attached hydrogen (secondary N) is 1. The second kappa shape index (κ2) is 5.13. The summed E-state index contributed by atoms with van der Waals surface area (Å²) in [5.74, 6) is 1.84. The van der Waals surface area contributed by atoms with Crippen LogP contribution in [0.15, 0.2) is 6.07 Å². The lowest BCUT2D eigenvalue weighted by Crippen LogP contribution is -2.32. The summed E-state index contributed by atoms with van der Waals surface area (Å²) in [5.41, 5.74) is 2.84. The summed E-state index contributed by atoms with van der Waals surface area (Å²) in [6.07, 6.45) is 1.34. The summed E-state index contributed by atoms with van der Waals surface area (Å²) in [5, 5.41) is 2.82. The van der Waals surface area contributed by atoms with E-state index in [1.165, 1.54) is 0 Å². The quantitative estimate of drug-likeness (QED) is 0.910. The van der Waals surface area contributed by atoms with E-state index in [4.69, 9.17) is 14.2 Å². The summed E-state index contributed by atoms with van der Waals surface area (Å²) >= 11 is 0. The Morgan fingerprint density at radius 3 is 2.81 bits per heavy atom. The molecule has 0 saturated carbocycles. The minimum Gasteiger partial charge on any atom is -0.493 e. The van der Waals surface area contributed by atoms with Gasteiger partial charge in [-0.25, -0.2) is 4.79 Å². The molecule has 0 radical (unpaired) electrons. The van der Waals surface area contributed by atoms with Crippen molar-refractivity contribution in [3.05, 3.63) is 22.8 Å². The molecule has 0 unspecified atom stereocenters. The zero-order valence-electron chi connectivity index (χ0n) is 12.7. The summed E-state index contributed by atoms with van der Waals surface area (Å²) in [6, 6.07) is 2.07. The van der Waals surface area contributed by atoms with Crippen molar-refractivity contribution in [2.24, 2.45) is 0 Å². The van der Waals surface area contributed by atoms with Gasteiger partial charge in [0, 0.05) is 29.5 Å². The number of hydrogen-bond acceptors (Lipinski definition) is 4. The molecule has 0 aromatic heterocycles. The van der Waals surface area contributed by atoms with Crippen molar-refractivity contribution in [1.29, 1.82) is 0 Å². The number of fused-ring (bicyclic) bond motifs is 2. The Balaban J connectivity index is 1.78. The predicted octanol–water partition coefficient (Wildman–Crippen LogP) is 2.58. The molecule has 1 N–H and O–H groups in total. The number of alkyl carbamates (subject to hydrolysis) is 1. The Bertz CT molecular complexity index is 542. The predicted molar refractivity (Wildman–Crippen MR) is 77.9 cm³/mol. The van der Waals surface area contributed by atoms with Crippen LogP contribution in [0.3, 0.4) is 0 Å². The van der Waals surface area contributed by atoms with Crippen LogP contribution in [0.25, 0.3) is 0 Å². The van der Waals surface area contributed by atoms with Crippen molar-refractivity contribution in [2.75, 3.05) is 13.2 Å². The third kappa shape index (κ3) is 2.91. The van der Waals surface area contributed by atoms with Crippen molar-refractivity contribution < 1.29 is 19.0 Å². The SMILES string of the molecule is CC(C)(C)OC(=O)NCc1c2c(cc3c1OCC3)OCC2. The van der Waals surface area contributed by atoms with E-state index in [-0.39, 0.29) is 0 Å². The van der Waals surface area contributed by atoms with E-state index in [1.807, 2.05) is 20.8 Å². The molecule has 114 valence electrons. The van der Waals surface area contributed by atoms with Crippen molar-refractivity contribution in [2.45, 2.75) is 45.8 Å². The fourth-order valence-electron chi connectivity index (χ4n) is 2.75. The van der Waals surface area contributed by atoms with Gasteiger partial charge in [0.05, 0.1) is 19.8 Å². The van der Waals surface area contributed by atoms with Crippen LogP contribution in [0.5, 0.6) is 11.5 Å². The highest BCUT2D eigenvalue weighted by Crippen LogP contribution is 2.40. The molecule has 2 heterocycles. The first-order valence-electron chi connectivity index (χ1n) is 7.34. The fourth-order valence-corrected chi connectivity index (χ4v) is 2.75. The third-order valence-corrected chi connectivity index (χ3v) is 3.57. The molecular formula is C16H21NO4. The maximum absolute atomic E-state index is 11.8.